The van der Waals surface area contributed by atoms with Gasteiger partial charge in [0, 0.05) is 13.1 Å². The number of morpholine rings is 1. The standard InChI is InChI=1S/C14H20N2O2/c1-2-12-10-16(8-9-18-12)13(14(15)17)11-6-4-3-5-7-11/h3-7,12-13H,2,8-10H2,1H3,(H2,15,17)/t12-,13+/m1/s1. The third kappa shape index (κ3) is 2.89. The Morgan fingerprint density at radius 3 is 2.83 bits per heavy atom. The summed E-state index contributed by atoms with van der Waals surface area (Å²) in [5, 5.41) is 0. The maximum Gasteiger partial charge on any atom is 0.239 e. The predicted molar refractivity (Wildman–Crippen MR) is 70.0 cm³/mol. The van der Waals surface area contributed by atoms with Crippen molar-refractivity contribution in [3.63, 3.8) is 0 Å². The summed E-state index contributed by atoms with van der Waals surface area (Å²) in [7, 11) is 0. The topological polar surface area (TPSA) is 55.6 Å². The van der Waals surface area contributed by atoms with Gasteiger partial charge in [0.25, 0.3) is 0 Å². The van der Waals surface area contributed by atoms with Crippen molar-refractivity contribution in [2.24, 2.45) is 5.73 Å². The zero-order valence-corrected chi connectivity index (χ0v) is 10.7. The molecule has 1 fully saturated rings. The lowest BCUT2D eigenvalue weighted by molar-refractivity contribution is -0.127. The van der Waals surface area contributed by atoms with Crippen molar-refractivity contribution in [3.05, 3.63) is 35.9 Å². The normalized spacial score (nSPS) is 22.6. The lowest BCUT2D eigenvalue weighted by Gasteiger charge is -2.36. The second-order valence-corrected chi connectivity index (χ2v) is 4.61. The van der Waals surface area contributed by atoms with Crippen LogP contribution < -0.4 is 5.73 Å². The molecular formula is C14H20N2O2. The van der Waals surface area contributed by atoms with E-state index in [1.807, 2.05) is 30.3 Å². The minimum atomic E-state index is -0.343. The molecule has 1 aromatic rings. The van der Waals surface area contributed by atoms with Gasteiger partial charge in [0.1, 0.15) is 6.04 Å². The van der Waals surface area contributed by atoms with E-state index in [1.54, 1.807) is 0 Å². The molecule has 0 aromatic heterocycles. The molecule has 1 aliphatic heterocycles. The zero-order valence-electron chi connectivity index (χ0n) is 10.7. The van der Waals surface area contributed by atoms with E-state index in [-0.39, 0.29) is 18.1 Å². The fourth-order valence-corrected chi connectivity index (χ4v) is 2.41. The maximum atomic E-state index is 11.7. The van der Waals surface area contributed by atoms with Gasteiger partial charge >= 0.3 is 0 Å². The highest BCUT2D eigenvalue weighted by Crippen LogP contribution is 2.23. The molecular weight excluding hydrogens is 228 g/mol. The Kier molecular flexibility index (Phi) is 4.33. The van der Waals surface area contributed by atoms with Crippen molar-refractivity contribution in [1.82, 2.24) is 4.90 Å². The molecule has 1 heterocycles. The van der Waals surface area contributed by atoms with E-state index < -0.39 is 0 Å². The van der Waals surface area contributed by atoms with E-state index in [2.05, 4.69) is 11.8 Å². The molecule has 1 aromatic carbocycles. The van der Waals surface area contributed by atoms with E-state index >= 15 is 0 Å². The number of nitrogens with two attached hydrogens (primary N) is 1. The van der Waals surface area contributed by atoms with Gasteiger partial charge in [-0.25, -0.2) is 0 Å². The number of benzene rings is 1. The van der Waals surface area contributed by atoms with Crippen LogP contribution >= 0.6 is 0 Å². The number of rotatable bonds is 4. The summed E-state index contributed by atoms with van der Waals surface area (Å²) in [6.45, 7) is 4.27. The molecule has 0 unspecified atom stereocenters. The molecule has 1 amide bonds. The highest BCUT2D eigenvalue weighted by Gasteiger charge is 2.30. The molecule has 2 N–H and O–H groups in total. The Labute approximate surface area is 108 Å². The van der Waals surface area contributed by atoms with Gasteiger partial charge in [0.15, 0.2) is 0 Å². The molecule has 2 rings (SSSR count). The molecule has 0 aliphatic carbocycles. The van der Waals surface area contributed by atoms with Gasteiger partial charge in [0.05, 0.1) is 12.7 Å². The second kappa shape index (κ2) is 5.98. The van der Waals surface area contributed by atoms with Gasteiger partial charge in [0.2, 0.25) is 5.91 Å². The molecule has 0 spiro atoms. The lowest BCUT2D eigenvalue weighted by Crippen LogP contribution is -2.47. The average Bonchev–Trinajstić information content (AvgIpc) is 2.40. The summed E-state index contributed by atoms with van der Waals surface area (Å²) in [6.07, 6.45) is 1.15. The average molecular weight is 248 g/mol. The molecule has 1 aliphatic rings. The van der Waals surface area contributed by atoms with Gasteiger partial charge in [-0.1, -0.05) is 37.3 Å². The van der Waals surface area contributed by atoms with Crippen LogP contribution in [-0.4, -0.2) is 36.6 Å². The van der Waals surface area contributed by atoms with Crippen LogP contribution in [0, 0.1) is 0 Å². The molecule has 98 valence electrons. The molecule has 4 nitrogen and oxygen atoms in total. The first-order valence-electron chi connectivity index (χ1n) is 6.42. The van der Waals surface area contributed by atoms with Crippen molar-refractivity contribution in [1.29, 1.82) is 0 Å². The zero-order chi connectivity index (χ0) is 13.0. The first-order chi connectivity index (χ1) is 8.72. The Morgan fingerprint density at radius 1 is 1.50 bits per heavy atom. The number of hydrogen-bond acceptors (Lipinski definition) is 3. The highest BCUT2D eigenvalue weighted by atomic mass is 16.5. The van der Waals surface area contributed by atoms with Crippen LogP contribution in [-0.2, 0) is 9.53 Å². The number of primary amides is 1. The summed E-state index contributed by atoms with van der Waals surface area (Å²) in [5.74, 6) is -0.294. The van der Waals surface area contributed by atoms with Crippen LogP contribution in [0.4, 0.5) is 0 Å². The van der Waals surface area contributed by atoms with E-state index in [9.17, 15) is 4.79 Å². The monoisotopic (exact) mass is 248 g/mol. The maximum absolute atomic E-state index is 11.7. The fraction of sp³-hybridized carbons (Fsp3) is 0.500. The SMILES string of the molecule is CC[C@@H]1CN([C@H](C(N)=O)c2ccccc2)CCO1. The Hall–Kier alpha value is -1.39. The third-order valence-corrected chi connectivity index (χ3v) is 3.38. The third-order valence-electron chi connectivity index (χ3n) is 3.38. The summed E-state index contributed by atoms with van der Waals surface area (Å²) in [4.78, 5) is 13.9. The van der Waals surface area contributed by atoms with Crippen molar-refractivity contribution in [2.75, 3.05) is 19.7 Å². The van der Waals surface area contributed by atoms with E-state index in [1.165, 1.54) is 0 Å². The molecule has 2 atom stereocenters. The molecule has 0 radical (unpaired) electrons. The minimum absolute atomic E-state index is 0.198. The summed E-state index contributed by atoms with van der Waals surface area (Å²) < 4.78 is 5.63. The van der Waals surface area contributed by atoms with Crippen LogP contribution in [0.1, 0.15) is 24.9 Å². The van der Waals surface area contributed by atoms with Gasteiger partial charge < -0.3 is 10.5 Å². The number of hydrogen-bond donors (Lipinski definition) is 1. The summed E-state index contributed by atoms with van der Waals surface area (Å²) in [6, 6.07) is 9.36. The largest absolute Gasteiger partial charge is 0.376 e. The quantitative estimate of drug-likeness (QED) is 0.874. The van der Waals surface area contributed by atoms with Gasteiger partial charge in [-0.3, -0.25) is 9.69 Å². The number of carbonyl (C=O) groups excluding carboxylic acids is 1. The number of carbonyl (C=O) groups is 1. The highest BCUT2D eigenvalue weighted by molar-refractivity contribution is 5.81. The van der Waals surface area contributed by atoms with Crippen molar-refractivity contribution in [3.8, 4) is 0 Å². The summed E-state index contributed by atoms with van der Waals surface area (Å²) in [5.41, 5.74) is 6.53. The second-order valence-electron chi connectivity index (χ2n) is 4.61. The van der Waals surface area contributed by atoms with Gasteiger partial charge in [-0.05, 0) is 12.0 Å². The Bertz CT molecular complexity index is 394. The van der Waals surface area contributed by atoms with E-state index in [4.69, 9.17) is 10.5 Å². The van der Waals surface area contributed by atoms with Crippen LogP contribution in [0.3, 0.4) is 0 Å². The molecule has 18 heavy (non-hydrogen) atoms. The molecule has 0 bridgehead atoms. The first kappa shape index (κ1) is 13.1. The van der Waals surface area contributed by atoms with Gasteiger partial charge in [-0.15, -0.1) is 0 Å². The number of amides is 1. The molecule has 1 saturated heterocycles. The Balaban J connectivity index is 2.18. The van der Waals surface area contributed by atoms with Crippen LogP contribution in [0.25, 0.3) is 0 Å². The molecule has 4 heteroatoms. The molecule has 0 saturated carbocycles. The fourth-order valence-electron chi connectivity index (χ4n) is 2.41. The van der Waals surface area contributed by atoms with Crippen molar-refractivity contribution < 1.29 is 9.53 Å². The van der Waals surface area contributed by atoms with E-state index in [0.29, 0.717) is 6.61 Å². The number of nitrogens with zero attached hydrogens (tertiary/aromatic N) is 1. The van der Waals surface area contributed by atoms with Crippen LogP contribution in [0.5, 0.6) is 0 Å². The first-order valence-corrected chi connectivity index (χ1v) is 6.42. The lowest BCUT2D eigenvalue weighted by atomic mass is 10.0. The van der Waals surface area contributed by atoms with Crippen molar-refractivity contribution in [2.45, 2.75) is 25.5 Å². The van der Waals surface area contributed by atoms with Crippen LogP contribution in [0.15, 0.2) is 30.3 Å². The van der Waals surface area contributed by atoms with E-state index in [0.717, 1.165) is 25.1 Å². The van der Waals surface area contributed by atoms with Gasteiger partial charge in [-0.2, -0.15) is 0 Å². The Morgan fingerprint density at radius 2 is 2.22 bits per heavy atom. The minimum Gasteiger partial charge on any atom is -0.376 e. The smallest absolute Gasteiger partial charge is 0.239 e. The van der Waals surface area contributed by atoms with Crippen LogP contribution in [0.2, 0.25) is 0 Å². The number of ether oxygens (including phenoxy) is 1. The van der Waals surface area contributed by atoms with Crippen molar-refractivity contribution >= 4 is 5.91 Å². The summed E-state index contributed by atoms with van der Waals surface area (Å²) >= 11 is 0. The predicted octanol–water partition coefficient (Wildman–Crippen LogP) is 1.32.